The maximum Gasteiger partial charge on any atom is 0.224 e. The lowest BCUT2D eigenvalue weighted by Crippen LogP contribution is -1.96. The predicted octanol–water partition coefficient (Wildman–Crippen LogP) is 5.06. The van der Waals surface area contributed by atoms with E-state index >= 15 is 0 Å². The molecule has 0 aliphatic carbocycles. The zero-order chi connectivity index (χ0) is 15.9. The molecule has 1 aromatic heterocycles. The Bertz CT molecular complexity index is 884. The van der Waals surface area contributed by atoms with Gasteiger partial charge in [0, 0.05) is 5.39 Å². The molecule has 3 aromatic rings. The summed E-state index contributed by atoms with van der Waals surface area (Å²) in [6.45, 7) is 1.84. The van der Waals surface area contributed by atoms with E-state index in [0.29, 0.717) is 27.8 Å². The minimum absolute atomic E-state index is 0.0539. The van der Waals surface area contributed by atoms with Crippen LogP contribution in [0.25, 0.3) is 22.0 Å². The normalized spacial score (nSPS) is 11.0. The first-order valence-corrected chi connectivity index (χ1v) is 7.23. The molecule has 0 spiro atoms. The van der Waals surface area contributed by atoms with E-state index in [2.05, 4.69) is 9.97 Å². The number of methoxy groups -OCH3 is 1. The summed E-state index contributed by atoms with van der Waals surface area (Å²) in [5.41, 5.74) is 2.41. The number of nitrogens with zero attached hydrogens (tertiary/aromatic N) is 2. The highest BCUT2D eigenvalue weighted by Crippen LogP contribution is 2.37. The molecule has 0 amide bonds. The molecule has 3 nitrogen and oxygen atoms in total. The Labute approximate surface area is 136 Å². The second-order valence-corrected chi connectivity index (χ2v) is 5.43. The molecule has 2 aromatic carbocycles. The predicted molar refractivity (Wildman–Crippen MR) is 86.2 cm³/mol. The average molecular weight is 337 g/mol. The highest BCUT2D eigenvalue weighted by atomic mass is 35.5. The first-order chi connectivity index (χ1) is 10.5. The van der Waals surface area contributed by atoms with Gasteiger partial charge in [-0.2, -0.15) is 0 Å². The molecule has 3 rings (SSSR count). The number of ether oxygens (including phenoxy) is 1. The van der Waals surface area contributed by atoms with E-state index in [1.807, 2.05) is 6.92 Å². The zero-order valence-electron chi connectivity index (χ0n) is 11.8. The number of aryl methyl sites for hydroxylation is 1. The summed E-state index contributed by atoms with van der Waals surface area (Å²) >= 11 is 12.0. The summed E-state index contributed by atoms with van der Waals surface area (Å²) in [6, 6.07) is 8.23. The molecule has 0 unspecified atom stereocenters. The molecule has 0 fully saturated rings. The van der Waals surface area contributed by atoms with Crippen molar-refractivity contribution < 1.29 is 9.13 Å². The minimum Gasteiger partial charge on any atom is -0.496 e. The largest absolute Gasteiger partial charge is 0.496 e. The van der Waals surface area contributed by atoms with Gasteiger partial charge in [0.25, 0.3) is 0 Å². The smallest absolute Gasteiger partial charge is 0.224 e. The van der Waals surface area contributed by atoms with Gasteiger partial charge in [0.15, 0.2) is 0 Å². The fourth-order valence-electron chi connectivity index (χ4n) is 2.48. The quantitative estimate of drug-likeness (QED) is 0.484. The Morgan fingerprint density at radius 2 is 1.86 bits per heavy atom. The van der Waals surface area contributed by atoms with E-state index < -0.39 is 0 Å². The van der Waals surface area contributed by atoms with Crippen molar-refractivity contribution in [2.45, 2.75) is 6.92 Å². The van der Waals surface area contributed by atoms with Crippen molar-refractivity contribution in [2.24, 2.45) is 0 Å². The van der Waals surface area contributed by atoms with Gasteiger partial charge in [-0.25, -0.2) is 14.4 Å². The van der Waals surface area contributed by atoms with Gasteiger partial charge in [0.2, 0.25) is 5.28 Å². The lowest BCUT2D eigenvalue weighted by molar-refractivity contribution is 0.413. The Kier molecular flexibility index (Phi) is 3.89. The lowest BCUT2D eigenvalue weighted by atomic mass is 9.97. The maximum absolute atomic E-state index is 14.3. The second-order valence-electron chi connectivity index (χ2n) is 4.73. The summed E-state index contributed by atoms with van der Waals surface area (Å²) in [5, 5.41) is 0.992. The Morgan fingerprint density at radius 3 is 2.59 bits per heavy atom. The maximum atomic E-state index is 14.3. The van der Waals surface area contributed by atoms with Crippen LogP contribution in [0.4, 0.5) is 4.39 Å². The van der Waals surface area contributed by atoms with Crippen LogP contribution in [0.5, 0.6) is 5.75 Å². The fourth-order valence-corrected chi connectivity index (χ4v) is 2.92. The standard InChI is InChI=1S/C16H11Cl2FN2O/c1-8-9(13-11(19)4-3-5-12(13)22-2)6-7-10-14(8)20-16(18)21-15(10)17/h3-7H,1-2H3. The molecule has 0 atom stereocenters. The van der Waals surface area contributed by atoms with Crippen molar-refractivity contribution in [2.75, 3.05) is 7.11 Å². The summed E-state index contributed by atoms with van der Waals surface area (Å²) < 4.78 is 19.6. The number of hydrogen-bond donors (Lipinski definition) is 0. The zero-order valence-corrected chi connectivity index (χ0v) is 13.3. The summed E-state index contributed by atoms with van der Waals surface area (Å²) in [7, 11) is 1.50. The molecule has 1 heterocycles. The summed E-state index contributed by atoms with van der Waals surface area (Å²) in [4.78, 5) is 8.13. The molecule has 0 aliphatic rings. The number of aromatic nitrogens is 2. The fraction of sp³-hybridized carbons (Fsp3) is 0.125. The van der Waals surface area contributed by atoms with Crippen LogP contribution in [0, 0.1) is 12.7 Å². The first-order valence-electron chi connectivity index (χ1n) is 6.48. The van der Waals surface area contributed by atoms with Gasteiger partial charge < -0.3 is 4.74 Å². The van der Waals surface area contributed by atoms with Crippen molar-refractivity contribution in [1.82, 2.24) is 9.97 Å². The lowest BCUT2D eigenvalue weighted by Gasteiger charge is -2.14. The third kappa shape index (κ3) is 2.38. The first kappa shape index (κ1) is 15.0. The van der Waals surface area contributed by atoms with E-state index in [1.165, 1.54) is 13.2 Å². The third-order valence-corrected chi connectivity index (χ3v) is 3.97. The van der Waals surface area contributed by atoms with E-state index in [4.69, 9.17) is 27.9 Å². The van der Waals surface area contributed by atoms with Crippen molar-refractivity contribution in [1.29, 1.82) is 0 Å². The molecule has 0 bridgehead atoms. The minimum atomic E-state index is -0.368. The number of hydrogen-bond acceptors (Lipinski definition) is 3. The Balaban J connectivity index is 2.37. The number of fused-ring (bicyclic) bond motifs is 1. The van der Waals surface area contributed by atoms with Gasteiger partial charge in [0.1, 0.15) is 16.7 Å². The van der Waals surface area contributed by atoms with Crippen LogP contribution in [0.3, 0.4) is 0 Å². The van der Waals surface area contributed by atoms with Crippen LogP contribution in [0.2, 0.25) is 10.4 Å². The number of rotatable bonds is 2. The molecular formula is C16H11Cl2FN2O. The summed E-state index contributed by atoms with van der Waals surface area (Å²) in [6.07, 6.45) is 0. The van der Waals surface area contributed by atoms with Crippen molar-refractivity contribution in [3.8, 4) is 16.9 Å². The monoisotopic (exact) mass is 336 g/mol. The number of benzene rings is 2. The topological polar surface area (TPSA) is 35.0 Å². The van der Waals surface area contributed by atoms with Gasteiger partial charge in [-0.05, 0) is 47.9 Å². The van der Waals surface area contributed by atoms with Crippen LogP contribution < -0.4 is 4.74 Å². The van der Waals surface area contributed by atoms with E-state index in [-0.39, 0.29) is 16.3 Å². The molecular weight excluding hydrogens is 326 g/mol. The number of halogens is 3. The van der Waals surface area contributed by atoms with Crippen LogP contribution in [0.15, 0.2) is 30.3 Å². The van der Waals surface area contributed by atoms with Crippen molar-refractivity contribution in [3.05, 3.63) is 52.1 Å². The SMILES string of the molecule is COc1cccc(F)c1-c1ccc2c(Cl)nc(Cl)nc2c1C. The molecule has 0 saturated heterocycles. The molecule has 0 radical (unpaired) electrons. The molecule has 112 valence electrons. The van der Waals surface area contributed by atoms with Crippen LogP contribution in [-0.4, -0.2) is 17.1 Å². The molecule has 0 N–H and O–H groups in total. The van der Waals surface area contributed by atoms with Gasteiger partial charge in [-0.15, -0.1) is 0 Å². The van der Waals surface area contributed by atoms with Crippen molar-refractivity contribution in [3.63, 3.8) is 0 Å². The van der Waals surface area contributed by atoms with Crippen LogP contribution in [-0.2, 0) is 0 Å². The van der Waals surface area contributed by atoms with Gasteiger partial charge >= 0.3 is 0 Å². The molecule has 0 aliphatic heterocycles. The highest BCUT2D eigenvalue weighted by molar-refractivity contribution is 6.35. The van der Waals surface area contributed by atoms with Gasteiger partial charge in [-0.3, -0.25) is 0 Å². The van der Waals surface area contributed by atoms with E-state index in [9.17, 15) is 4.39 Å². The Hall–Kier alpha value is -1.91. The Morgan fingerprint density at radius 1 is 1.09 bits per heavy atom. The van der Waals surface area contributed by atoms with E-state index in [0.717, 1.165) is 5.56 Å². The van der Waals surface area contributed by atoms with Crippen LogP contribution in [0.1, 0.15) is 5.56 Å². The van der Waals surface area contributed by atoms with Crippen molar-refractivity contribution >= 4 is 34.1 Å². The summed E-state index contributed by atoms with van der Waals surface area (Å²) in [5.74, 6) is 0.0850. The highest BCUT2D eigenvalue weighted by Gasteiger charge is 2.17. The molecule has 0 saturated carbocycles. The molecule has 6 heteroatoms. The van der Waals surface area contributed by atoms with Gasteiger partial charge in [0.05, 0.1) is 18.2 Å². The second kappa shape index (κ2) is 5.71. The van der Waals surface area contributed by atoms with Crippen LogP contribution >= 0.6 is 23.2 Å². The third-order valence-electron chi connectivity index (χ3n) is 3.51. The van der Waals surface area contributed by atoms with E-state index in [1.54, 1.807) is 24.3 Å². The average Bonchev–Trinajstić information content (AvgIpc) is 2.48. The molecule has 22 heavy (non-hydrogen) atoms. The van der Waals surface area contributed by atoms with Gasteiger partial charge in [-0.1, -0.05) is 23.7 Å².